The smallest absolute Gasteiger partial charge is 0.147 e. The third kappa shape index (κ3) is 4.78. The van der Waals surface area contributed by atoms with Crippen molar-refractivity contribution in [3.8, 4) is 0 Å². The largest absolute Gasteiger partial charge is 0.147 e. The maximum atomic E-state index is 11.6. The molecule has 2 nitrogen and oxygen atoms in total. The van der Waals surface area contributed by atoms with Crippen molar-refractivity contribution in [3.05, 3.63) is 103 Å². The zero-order valence-electron chi connectivity index (χ0n) is 14.7. The Labute approximate surface area is 173 Å². The maximum Gasteiger partial charge on any atom is -0.147 e. The van der Waals surface area contributed by atoms with Gasteiger partial charge in [-0.05, 0) is 0 Å². The summed E-state index contributed by atoms with van der Waals surface area (Å²) >= 11 is 0. The standard InChI is InChI=1S/C22H21O2P.2ClH/c1-18(22(23)24)17-25(19-11-5-2-6-12-19,20-13-7-3-8-14-20)21-15-9-4-10-16-21;;/h2-16,25H,1,17H2,(H,23,24);2*1H. The third-order valence-corrected chi connectivity index (χ3v) is 9.49. The zero-order chi connectivity index (χ0) is 17.7. The van der Waals surface area contributed by atoms with E-state index >= 15 is 0 Å². The molecular formula is C22H23Cl2O2P. The van der Waals surface area contributed by atoms with Crippen molar-refractivity contribution in [1.82, 2.24) is 0 Å². The Hall–Kier alpha value is -2.12. The van der Waals surface area contributed by atoms with Crippen LogP contribution in [0.4, 0.5) is 0 Å². The number of carbonyl (C=O) groups is 1. The van der Waals surface area contributed by atoms with Gasteiger partial charge in [-0.1, -0.05) is 0 Å². The van der Waals surface area contributed by atoms with Gasteiger partial charge in [-0.2, -0.15) is 0 Å². The van der Waals surface area contributed by atoms with E-state index in [-0.39, 0.29) is 30.4 Å². The molecule has 0 heterocycles. The van der Waals surface area contributed by atoms with E-state index in [0.717, 1.165) is 0 Å². The van der Waals surface area contributed by atoms with Crippen LogP contribution in [0, 0.1) is 0 Å². The average Bonchev–Trinajstić information content (AvgIpc) is 2.68. The molecule has 0 aliphatic heterocycles. The molecule has 1 N–H and O–H groups in total. The first-order valence-electron chi connectivity index (χ1n) is 8.22. The first-order valence-corrected chi connectivity index (χ1v) is 10.4. The van der Waals surface area contributed by atoms with Gasteiger partial charge in [0.25, 0.3) is 0 Å². The van der Waals surface area contributed by atoms with Gasteiger partial charge >= 0.3 is 148 Å². The van der Waals surface area contributed by atoms with E-state index < -0.39 is 13.2 Å². The van der Waals surface area contributed by atoms with E-state index in [0.29, 0.717) is 6.16 Å². The molecule has 0 fully saturated rings. The van der Waals surface area contributed by atoms with Gasteiger partial charge in [0.2, 0.25) is 0 Å². The summed E-state index contributed by atoms with van der Waals surface area (Å²) in [6, 6.07) is 30.8. The molecule has 3 aromatic rings. The van der Waals surface area contributed by atoms with Crippen molar-refractivity contribution in [2.24, 2.45) is 0 Å². The Kier molecular flexibility index (Phi) is 8.72. The number of benzene rings is 3. The minimum Gasteiger partial charge on any atom is -0.147 e. The second-order valence-electron chi connectivity index (χ2n) is 6.09. The Balaban J connectivity index is 0.00000182. The molecule has 142 valence electrons. The van der Waals surface area contributed by atoms with Crippen LogP contribution in [-0.2, 0) is 4.79 Å². The van der Waals surface area contributed by atoms with Crippen LogP contribution in [-0.4, -0.2) is 17.2 Å². The monoisotopic (exact) mass is 420 g/mol. The van der Waals surface area contributed by atoms with Crippen LogP contribution in [0.3, 0.4) is 0 Å². The fraction of sp³-hybridized carbons (Fsp3) is 0.0455. The number of halogens is 2. The summed E-state index contributed by atoms with van der Waals surface area (Å²) < 4.78 is 0. The first kappa shape index (κ1) is 22.9. The number of hydrogen-bond acceptors (Lipinski definition) is 1. The van der Waals surface area contributed by atoms with E-state index in [1.807, 2.05) is 54.6 Å². The maximum absolute atomic E-state index is 11.6. The van der Waals surface area contributed by atoms with Gasteiger partial charge in [-0.25, -0.2) is 0 Å². The van der Waals surface area contributed by atoms with E-state index in [9.17, 15) is 9.90 Å². The molecule has 0 radical (unpaired) electrons. The molecule has 0 aliphatic carbocycles. The Bertz CT molecular complexity index is 772. The molecule has 0 aromatic heterocycles. The third-order valence-electron chi connectivity index (χ3n) is 4.58. The minimum absolute atomic E-state index is 0. The van der Waals surface area contributed by atoms with Crippen LogP contribution in [0.15, 0.2) is 103 Å². The fourth-order valence-electron chi connectivity index (χ4n) is 3.37. The molecule has 0 aliphatic rings. The van der Waals surface area contributed by atoms with E-state index in [1.165, 1.54) is 15.9 Å². The summed E-state index contributed by atoms with van der Waals surface area (Å²) in [5.74, 6) is -0.931. The van der Waals surface area contributed by atoms with Crippen molar-refractivity contribution in [2.75, 3.05) is 6.16 Å². The molecule has 27 heavy (non-hydrogen) atoms. The molecule has 5 heteroatoms. The first-order chi connectivity index (χ1) is 12.1. The van der Waals surface area contributed by atoms with Crippen LogP contribution in [0.25, 0.3) is 0 Å². The zero-order valence-corrected chi connectivity index (χ0v) is 17.4. The number of aliphatic carboxylic acids is 1. The molecule has 0 amide bonds. The van der Waals surface area contributed by atoms with Crippen LogP contribution in [0.2, 0.25) is 0 Å². The second-order valence-corrected chi connectivity index (χ2v) is 9.99. The van der Waals surface area contributed by atoms with Crippen molar-refractivity contribution in [2.45, 2.75) is 0 Å². The van der Waals surface area contributed by atoms with Gasteiger partial charge in [0.15, 0.2) is 0 Å². The molecule has 0 saturated carbocycles. The summed E-state index contributed by atoms with van der Waals surface area (Å²) in [5.41, 5.74) is 0.253. The van der Waals surface area contributed by atoms with Crippen molar-refractivity contribution >= 4 is 54.0 Å². The molecule has 0 bridgehead atoms. The van der Waals surface area contributed by atoms with E-state index in [1.54, 1.807) is 0 Å². The van der Waals surface area contributed by atoms with Crippen LogP contribution in [0.5, 0.6) is 0 Å². The number of carboxylic acids is 1. The number of carboxylic acid groups (broad SMARTS) is 1. The van der Waals surface area contributed by atoms with Crippen molar-refractivity contribution in [1.29, 1.82) is 0 Å². The Morgan fingerprint density at radius 1 is 0.704 bits per heavy atom. The van der Waals surface area contributed by atoms with Gasteiger partial charge in [-0.3, -0.25) is 0 Å². The van der Waals surface area contributed by atoms with Gasteiger partial charge in [0.1, 0.15) is 0 Å². The molecule has 3 aromatic carbocycles. The van der Waals surface area contributed by atoms with E-state index in [2.05, 4.69) is 43.0 Å². The Morgan fingerprint density at radius 3 is 1.26 bits per heavy atom. The summed E-state index contributed by atoms with van der Waals surface area (Å²) in [7, 11) is -2.53. The van der Waals surface area contributed by atoms with Crippen LogP contribution < -0.4 is 15.9 Å². The molecule has 0 atom stereocenters. The molecule has 0 saturated heterocycles. The second kappa shape index (κ2) is 10.3. The summed E-state index contributed by atoms with van der Waals surface area (Å²) in [6.07, 6.45) is 0.445. The van der Waals surface area contributed by atoms with Crippen LogP contribution in [0.1, 0.15) is 0 Å². The van der Waals surface area contributed by atoms with E-state index in [4.69, 9.17) is 0 Å². The SMILES string of the molecule is C=C(C[PH](c1ccccc1)(c1ccccc1)c1ccccc1)C(=O)O.Cl.Cl. The summed E-state index contributed by atoms with van der Waals surface area (Å²) in [4.78, 5) is 11.6. The quantitative estimate of drug-likeness (QED) is 0.479. The van der Waals surface area contributed by atoms with Gasteiger partial charge in [0.05, 0.1) is 0 Å². The Morgan fingerprint density at radius 2 is 1.00 bits per heavy atom. The summed E-state index contributed by atoms with van der Waals surface area (Å²) in [6.45, 7) is 3.85. The predicted octanol–water partition coefficient (Wildman–Crippen LogP) is 4.20. The predicted molar refractivity (Wildman–Crippen MR) is 123 cm³/mol. The molecule has 0 spiro atoms. The fourth-order valence-corrected chi connectivity index (χ4v) is 8.06. The van der Waals surface area contributed by atoms with Crippen molar-refractivity contribution < 1.29 is 9.90 Å². The normalized spacial score (nSPS) is 10.8. The van der Waals surface area contributed by atoms with Gasteiger partial charge < -0.3 is 0 Å². The van der Waals surface area contributed by atoms with Gasteiger partial charge in [-0.15, -0.1) is 24.8 Å². The topological polar surface area (TPSA) is 37.3 Å². The number of hydrogen-bond donors (Lipinski definition) is 1. The molecule has 0 unspecified atom stereocenters. The van der Waals surface area contributed by atoms with Crippen LogP contribution >= 0.6 is 32.1 Å². The molecule has 3 rings (SSSR count). The molecular weight excluding hydrogens is 398 g/mol. The number of rotatable bonds is 6. The summed E-state index contributed by atoms with van der Waals surface area (Å²) in [5, 5.41) is 13.1. The average molecular weight is 421 g/mol. The minimum atomic E-state index is -2.53. The van der Waals surface area contributed by atoms with Crippen molar-refractivity contribution in [3.63, 3.8) is 0 Å². The van der Waals surface area contributed by atoms with Gasteiger partial charge in [0, 0.05) is 0 Å².